The van der Waals surface area contributed by atoms with E-state index < -0.39 is 18.0 Å². The van der Waals surface area contributed by atoms with Crippen LogP contribution in [0.15, 0.2) is 4.99 Å². The zero-order valence-electron chi connectivity index (χ0n) is 15.9. The van der Waals surface area contributed by atoms with Crippen molar-refractivity contribution in [2.24, 2.45) is 16.5 Å². The number of likely N-dealkylation sites (N-methyl/N-ethyl adjacent to an activating group) is 2. The number of carboxylic acids is 2. The number of hydrogen-bond donors (Lipinski definition) is 6. The Morgan fingerprint density at radius 2 is 1.93 bits per heavy atom. The molecule has 0 saturated carbocycles. The number of aliphatic hydroxyl groups is 1. The SMILES string of the molecule is C.CN(CC(=O)O)C(=N)N.C[N+](C)(C)C[C@@H](O)CC(=O)[O-].NC1=NCC(=O)N1. The number of rotatable bonds is 6. The minimum absolute atomic E-state index is 0. The first-order chi connectivity index (χ1) is 12.1. The lowest BCUT2D eigenvalue weighted by molar-refractivity contribution is -0.873. The highest BCUT2D eigenvalue weighted by molar-refractivity contribution is 6.02. The summed E-state index contributed by atoms with van der Waals surface area (Å²) in [6, 6.07) is 0. The number of guanidine groups is 2. The molecule has 0 spiro atoms. The topological polar surface area (TPSA) is 218 Å². The minimum atomic E-state index is -1.20. The zero-order valence-corrected chi connectivity index (χ0v) is 15.9. The molecule has 0 saturated heterocycles. The lowest BCUT2D eigenvalue weighted by atomic mass is 10.2. The van der Waals surface area contributed by atoms with Gasteiger partial charge in [-0.1, -0.05) is 7.43 Å². The van der Waals surface area contributed by atoms with Crippen LogP contribution in [0, 0.1) is 5.41 Å². The second kappa shape index (κ2) is 14.2. The van der Waals surface area contributed by atoms with Crippen LogP contribution in [0.4, 0.5) is 0 Å². The van der Waals surface area contributed by atoms with E-state index in [2.05, 4.69) is 10.3 Å². The van der Waals surface area contributed by atoms with Crippen LogP contribution < -0.4 is 21.9 Å². The predicted octanol–water partition coefficient (Wildman–Crippen LogP) is -3.84. The van der Waals surface area contributed by atoms with Gasteiger partial charge in [0, 0.05) is 19.4 Å². The standard InChI is InChI=1S/C7H15NO3.C4H9N3O2.C3H5N3O.CH4/c1-8(2,3)5-6(9)4-7(10)11;1-7(4(5)6)2-3(8)9;4-3-5-1-2(7)6-3;/h6,9H,4-5H2,1-3H3;2H2,1H3,(H3,5,6)(H,8,9);1H2,(H3,4,5,6,7);1H4/t6-;;;/m0.../s1. The van der Waals surface area contributed by atoms with Gasteiger partial charge in [-0.05, 0) is 0 Å². The van der Waals surface area contributed by atoms with Gasteiger partial charge < -0.3 is 41.0 Å². The molecule has 28 heavy (non-hydrogen) atoms. The quantitative estimate of drug-likeness (QED) is 0.144. The molecule has 1 rings (SSSR count). The Kier molecular flexibility index (Phi) is 15.1. The molecule has 13 heteroatoms. The molecule has 0 aromatic heterocycles. The molecule has 0 aliphatic carbocycles. The van der Waals surface area contributed by atoms with E-state index in [1.807, 2.05) is 21.1 Å². The molecular formula is C15H33N7O6. The number of amides is 1. The summed E-state index contributed by atoms with van der Waals surface area (Å²) in [5.74, 6) is -2.33. The molecule has 0 bridgehead atoms. The predicted molar refractivity (Wildman–Crippen MR) is 102 cm³/mol. The fourth-order valence-electron chi connectivity index (χ4n) is 1.56. The Balaban J connectivity index is -0.000000336. The summed E-state index contributed by atoms with van der Waals surface area (Å²) in [7, 11) is 7.10. The number of nitrogens with one attached hydrogen (secondary N) is 2. The Morgan fingerprint density at radius 3 is 2.11 bits per heavy atom. The van der Waals surface area contributed by atoms with E-state index in [0.29, 0.717) is 11.0 Å². The highest BCUT2D eigenvalue weighted by atomic mass is 16.4. The third-order valence-electron chi connectivity index (χ3n) is 2.60. The van der Waals surface area contributed by atoms with Gasteiger partial charge in [0.25, 0.3) is 0 Å². The third-order valence-corrected chi connectivity index (χ3v) is 2.60. The monoisotopic (exact) mass is 407 g/mol. The second-order valence-corrected chi connectivity index (χ2v) is 6.59. The van der Waals surface area contributed by atoms with Gasteiger partial charge in [-0.3, -0.25) is 20.3 Å². The lowest BCUT2D eigenvalue weighted by Crippen LogP contribution is -2.43. The Hall–Kier alpha value is -2.93. The van der Waals surface area contributed by atoms with Crippen molar-refractivity contribution in [1.82, 2.24) is 10.2 Å². The molecule has 1 atom stereocenters. The number of nitrogens with zero attached hydrogens (tertiary/aromatic N) is 3. The van der Waals surface area contributed by atoms with E-state index >= 15 is 0 Å². The van der Waals surface area contributed by atoms with Crippen LogP contribution in [-0.4, -0.2) is 103 Å². The Morgan fingerprint density at radius 1 is 1.43 bits per heavy atom. The molecule has 164 valence electrons. The number of nitrogens with two attached hydrogens (primary N) is 2. The van der Waals surface area contributed by atoms with Gasteiger partial charge in [0.2, 0.25) is 5.91 Å². The maximum absolute atomic E-state index is 10.1. The fourth-order valence-corrected chi connectivity index (χ4v) is 1.56. The lowest BCUT2D eigenvalue weighted by Gasteiger charge is -2.26. The van der Waals surface area contributed by atoms with Crippen molar-refractivity contribution in [3.8, 4) is 0 Å². The molecule has 1 heterocycles. The highest BCUT2D eigenvalue weighted by Gasteiger charge is 2.14. The minimum Gasteiger partial charge on any atom is -0.550 e. The first kappa shape index (κ1) is 29.8. The summed E-state index contributed by atoms with van der Waals surface area (Å²) in [5.41, 5.74) is 9.97. The summed E-state index contributed by atoms with van der Waals surface area (Å²) in [4.78, 5) is 34.8. The molecule has 0 aromatic carbocycles. The number of aliphatic hydroxyl groups excluding tert-OH is 1. The van der Waals surface area contributed by atoms with Crippen LogP contribution >= 0.6 is 0 Å². The number of aliphatic imine (C=N–C) groups is 1. The summed E-state index contributed by atoms with van der Waals surface area (Å²) in [6.07, 6.45) is -1.09. The van der Waals surface area contributed by atoms with Gasteiger partial charge in [0.05, 0.1) is 21.1 Å². The number of aliphatic carboxylic acids is 2. The smallest absolute Gasteiger partial charge is 0.323 e. The second-order valence-electron chi connectivity index (χ2n) is 6.59. The van der Waals surface area contributed by atoms with Gasteiger partial charge >= 0.3 is 5.97 Å². The van der Waals surface area contributed by atoms with E-state index in [4.69, 9.17) is 27.1 Å². The molecule has 8 N–H and O–H groups in total. The average Bonchev–Trinajstić information content (AvgIpc) is 2.79. The van der Waals surface area contributed by atoms with E-state index in [-0.39, 0.29) is 44.8 Å². The van der Waals surface area contributed by atoms with Crippen molar-refractivity contribution in [2.75, 3.05) is 47.8 Å². The largest absolute Gasteiger partial charge is 0.550 e. The van der Waals surface area contributed by atoms with Crippen LogP contribution in [0.2, 0.25) is 0 Å². The van der Waals surface area contributed by atoms with E-state index in [0.717, 1.165) is 4.90 Å². The van der Waals surface area contributed by atoms with Crippen LogP contribution in [0.1, 0.15) is 13.8 Å². The van der Waals surface area contributed by atoms with E-state index in [1.54, 1.807) is 0 Å². The molecule has 0 aromatic rings. The molecule has 0 unspecified atom stereocenters. The van der Waals surface area contributed by atoms with Crippen LogP contribution in [0.5, 0.6) is 0 Å². The van der Waals surface area contributed by atoms with Gasteiger partial charge in [-0.2, -0.15) is 0 Å². The average molecular weight is 407 g/mol. The van der Waals surface area contributed by atoms with Crippen molar-refractivity contribution in [1.29, 1.82) is 5.41 Å². The molecule has 1 aliphatic rings. The highest BCUT2D eigenvalue weighted by Crippen LogP contribution is 1.97. The molecule has 1 aliphatic heterocycles. The van der Waals surface area contributed by atoms with Crippen molar-refractivity contribution in [2.45, 2.75) is 20.0 Å². The third kappa shape index (κ3) is 21.1. The Labute approximate surface area is 164 Å². The molecule has 13 nitrogen and oxygen atoms in total. The van der Waals surface area contributed by atoms with Crippen LogP contribution in [-0.2, 0) is 14.4 Å². The number of quaternary nitrogens is 1. The first-order valence-corrected chi connectivity index (χ1v) is 7.69. The maximum atomic E-state index is 10.1. The van der Waals surface area contributed by atoms with Crippen molar-refractivity contribution in [3.05, 3.63) is 0 Å². The summed E-state index contributed by atoms with van der Waals surface area (Å²) < 4.78 is 0.550. The van der Waals surface area contributed by atoms with Crippen LogP contribution in [0.25, 0.3) is 0 Å². The number of carbonyl (C=O) groups excluding carboxylic acids is 2. The maximum Gasteiger partial charge on any atom is 0.323 e. The van der Waals surface area contributed by atoms with Gasteiger partial charge in [-0.15, -0.1) is 0 Å². The number of carbonyl (C=O) groups is 3. The normalized spacial score (nSPS) is 13.2. The van der Waals surface area contributed by atoms with Crippen molar-refractivity contribution >= 4 is 29.8 Å². The van der Waals surface area contributed by atoms with Crippen molar-refractivity contribution < 1.29 is 34.2 Å². The first-order valence-electron chi connectivity index (χ1n) is 7.69. The number of carboxylic acid groups (broad SMARTS) is 2. The number of hydrogen-bond acceptors (Lipinski definition) is 8. The van der Waals surface area contributed by atoms with Crippen molar-refractivity contribution in [3.63, 3.8) is 0 Å². The molecular weight excluding hydrogens is 374 g/mol. The van der Waals surface area contributed by atoms with Crippen LogP contribution in [0.3, 0.4) is 0 Å². The van der Waals surface area contributed by atoms with Gasteiger partial charge in [0.15, 0.2) is 11.9 Å². The van der Waals surface area contributed by atoms with Gasteiger partial charge in [-0.25, -0.2) is 4.99 Å². The molecule has 1 amide bonds. The summed E-state index contributed by atoms with van der Waals surface area (Å²) >= 11 is 0. The van der Waals surface area contributed by atoms with E-state index in [1.165, 1.54) is 7.05 Å². The van der Waals surface area contributed by atoms with E-state index in [9.17, 15) is 19.5 Å². The molecule has 0 fully saturated rings. The summed E-state index contributed by atoms with van der Waals surface area (Å²) in [6.45, 7) is 0.384. The Bertz CT molecular complexity index is 560. The fraction of sp³-hybridized carbons (Fsp3) is 0.667. The molecule has 0 radical (unpaired) electrons. The summed E-state index contributed by atoms with van der Waals surface area (Å²) in [5, 5.41) is 36.3. The zero-order chi connectivity index (χ0) is 21.8. The van der Waals surface area contributed by atoms with Gasteiger partial charge in [0.1, 0.15) is 25.7 Å².